The minimum atomic E-state index is -0.462. The molecule has 1 saturated heterocycles. The van der Waals surface area contributed by atoms with Crippen LogP contribution < -0.4 is 5.32 Å². The number of hydrogen-bond acceptors (Lipinski definition) is 3. The number of halogens is 1. The maximum Gasteiger partial charge on any atom is 0.257 e. The van der Waals surface area contributed by atoms with Gasteiger partial charge >= 0.3 is 0 Å². The number of para-hydroxylation sites is 1. The Morgan fingerprint density at radius 3 is 2.64 bits per heavy atom. The summed E-state index contributed by atoms with van der Waals surface area (Å²) in [5, 5.41) is 2.78. The number of piperazine rings is 1. The summed E-state index contributed by atoms with van der Waals surface area (Å²) in [4.78, 5) is 21.4. The van der Waals surface area contributed by atoms with Gasteiger partial charge in [0, 0.05) is 25.8 Å². The number of aliphatic imine (C=N–C) groups is 1. The van der Waals surface area contributed by atoms with E-state index in [1.807, 2.05) is 32.3 Å². The van der Waals surface area contributed by atoms with Gasteiger partial charge in [0.25, 0.3) is 5.91 Å². The number of nitrogens with zero attached hydrogens (tertiary/aromatic N) is 3. The number of rotatable bonds is 3. The van der Waals surface area contributed by atoms with Crippen LogP contribution in [0.1, 0.15) is 10.4 Å². The zero-order chi connectivity index (χ0) is 17.8. The molecule has 1 N–H and O–H groups in total. The van der Waals surface area contributed by atoms with E-state index in [1.54, 1.807) is 18.2 Å². The minimum Gasteiger partial charge on any atom is -0.361 e. The Kier molecular flexibility index (Phi) is 5.09. The fraction of sp³-hybridized carbons (Fsp3) is 0.263. The largest absolute Gasteiger partial charge is 0.361 e. The Hall–Kier alpha value is -2.73. The summed E-state index contributed by atoms with van der Waals surface area (Å²) in [5.41, 5.74) is 1.34. The predicted molar refractivity (Wildman–Crippen MR) is 98.0 cm³/mol. The first-order chi connectivity index (χ1) is 12.0. The van der Waals surface area contributed by atoms with Crippen LogP contribution in [0, 0.1) is 5.82 Å². The molecule has 0 radical (unpaired) electrons. The van der Waals surface area contributed by atoms with Crippen LogP contribution in [0.15, 0.2) is 53.5 Å². The van der Waals surface area contributed by atoms with E-state index in [2.05, 4.69) is 20.1 Å². The van der Waals surface area contributed by atoms with E-state index >= 15 is 0 Å². The van der Waals surface area contributed by atoms with Crippen LogP contribution >= 0.6 is 0 Å². The summed E-state index contributed by atoms with van der Waals surface area (Å²) in [7, 11) is 4.00. The molecule has 0 bridgehead atoms. The number of anilines is 1. The van der Waals surface area contributed by atoms with E-state index in [1.165, 1.54) is 12.1 Å². The third-order valence-corrected chi connectivity index (χ3v) is 4.15. The van der Waals surface area contributed by atoms with Gasteiger partial charge in [-0.05, 0) is 37.4 Å². The SMILES string of the molecule is CN1CCN(C)/C(=N\c2ccc(F)cc2C(=O)Nc2ccccc2)C1. The third-order valence-electron chi connectivity index (χ3n) is 4.15. The molecule has 0 unspecified atom stereocenters. The van der Waals surface area contributed by atoms with E-state index in [-0.39, 0.29) is 11.5 Å². The second kappa shape index (κ2) is 7.44. The molecule has 0 aliphatic carbocycles. The van der Waals surface area contributed by atoms with Gasteiger partial charge in [-0.2, -0.15) is 0 Å². The fourth-order valence-electron chi connectivity index (χ4n) is 2.66. The lowest BCUT2D eigenvalue weighted by atomic mass is 10.1. The molecule has 1 heterocycles. The van der Waals surface area contributed by atoms with Crippen molar-refractivity contribution in [1.29, 1.82) is 0 Å². The Labute approximate surface area is 146 Å². The number of amidine groups is 1. The Balaban J connectivity index is 1.91. The average molecular weight is 340 g/mol. The number of benzene rings is 2. The Morgan fingerprint density at radius 2 is 1.88 bits per heavy atom. The van der Waals surface area contributed by atoms with Crippen LogP contribution in [0.2, 0.25) is 0 Å². The fourth-order valence-corrected chi connectivity index (χ4v) is 2.66. The molecule has 1 amide bonds. The average Bonchev–Trinajstić information content (AvgIpc) is 2.60. The molecule has 5 nitrogen and oxygen atoms in total. The molecule has 25 heavy (non-hydrogen) atoms. The molecule has 6 heteroatoms. The van der Waals surface area contributed by atoms with Crippen molar-refractivity contribution in [2.45, 2.75) is 0 Å². The standard InChI is InChI=1S/C19H21FN4O/c1-23-10-11-24(2)18(13-23)22-17-9-8-14(20)12-16(17)19(25)21-15-6-4-3-5-7-15/h3-9,12H,10-11,13H2,1-2H3,(H,21,25)/b22-18-. The lowest BCUT2D eigenvalue weighted by Crippen LogP contribution is -2.46. The number of carbonyl (C=O) groups excluding carboxylic acids is 1. The molecule has 0 spiro atoms. The van der Waals surface area contributed by atoms with Crippen LogP contribution in [0.3, 0.4) is 0 Å². The van der Waals surface area contributed by atoms with Gasteiger partial charge < -0.3 is 10.2 Å². The second-order valence-corrected chi connectivity index (χ2v) is 6.17. The van der Waals surface area contributed by atoms with Crippen molar-refractivity contribution in [2.24, 2.45) is 4.99 Å². The van der Waals surface area contributed by atoms with Crippen molar-refractivity contribution >= 4 is 23.1 Å². The van der Waals surface area contributed by atoms with E-state index < -0.39 is 5.82 Å². The molecule has 3 rings (SSSR count). The van der Waals surface area contributed by atoms with Crippen molar-refractivity contribution in [3.8, 4) is 0 Å². The highest BCUT2D eigenvalue weighted by Gasteiger charge is 2.19. The van der Waals surface area contributed by atoms with Crippen LogP contribution in [0.5, 0.6) is 0 Å². The Bertz CT molecular complexity index is 791. The number of nitrogens with one attached hydrogen (secondary N) is 1. The lowest BCUT2D eigenvalue weighted by Gasteiger charge is -2.32. The van der Waals surface area contributed by atoms with Crippen molar-refractivity contribution in [2.75, 3.05) is 39.0 Å². The van der Waals surface area contributed by atoms with Crippen molar-refractivity contribution in [3.63, 3.8) is 0 Å². The predicted octanol–water partition coefficient (Wildman–Crippen LogP) is 2.99. The van der Waals surface area contributed by atoms with Crippen LogP contribution in [-0.4, -0.2) is 55.3 Å². The van der Waals surface area contributed by atoms with E-state index in [4.69, 9.17) is 0 Å². The lowest BCUT2D eigenvalue weighted by molar-refractivity contribution is 0.102. The molecule has 1 fully saturated rings. The van der Waals surface area contributed by atoms with Crippen molar-refractivity contribution < 1.29 is 9.18 Å². The monoisotopic (exact) mass is 340 g/mol. The zero-order valence-electron chi connectivity index (χ0n) is 14.4. The molecular weight excluding hydrogens is 319 g/mol. The topological polar surface area (TPSA) is 47.9 Å². The van der Waals surface area contributed by atoms with Gasteiger partial charge in [0.15, 0.2) is 0 Å². The summed E-state index contributed by atoms with van der Waals surface area (Å²) in [6.07, 6.45) is 0. The van der Waals surface area contributed by atoms with Gasteiger partial charge in [0.2, 0.25) is 0 Å². The minimum absolute atomic E-state index is 0.220. The first kappa shape index (κ1) is 17.1. The first-order valence-corrected chi connectivity index (χ1v) is 8.16. The normalized spacial score (nSPS) is 16.9. The van der Waals surface area contributed by atoms with Crippen LogP contribution in [-0.2, 0) is 0 Å². The molecule has 1 aliphatic rings. The van der Waals surface area contributed by atoms with E-state index in [0.717, 1.165) is 18.9 Å². The quantitative estimate of drug-likeness (QED) is 0.934. The molecular formula is C19H21FN4O. The van der Waals surface area contributed by atoms with Crippen molar-refractivity contribution in [3.05, 3.63) is 59.9 Å². The molecule has 2 aromatic carbocycles. The highest BCUT2D eigenvalue weighted by Crippen LogP contribution is 2.23. The summed E-state index contributed by atoms with van der Waals surface area (Å²) >= 11 is 0. The Morgan fingerprint density at radius 1 is 1.12 bits per heavy atom. The van der Waals surface area contributed by atoms with Gasteiger partial charge in [-0.15, -0.1) is 0 Å². The second-order valence-electron chi connectivity index (χ2n) is 6.17. The van der Waals surface area contributed by atoms with Crippen LogP contribution in [0.4, 0.5) is 15.8 Å². The van der Waals surface area contributed by atoms with E-state index in [0.29, 0.717) is 17.9 Å². The molecule has 0 aromatic heterocycles. The molecule has 2 aromatic rings. The molecule has 130 valence electrons. The van der Waals surface area contributed by atoms with Gasteiger partial charge in [-0.3, -0.25) is 9.69 Å². The van der Waals surface area contributed by atoms with E-state index in [9.17, 15) is 9.18 Å². The third kappa shape index (κ3) is 4.22. The van der Waals surface area contributed by atoms with Gasteiger partial charge in [0.05, 0.1) is 17.8 Å². The number of carbonyl (C=O) groups is 1. The molecule has 0 atom stereocenters. The molecule has 1 aliphatic heterocycles. The van der Waals surface area contributed by atoms with Gasteiger partial charge in [-0.25, -0.2) is 9.38 Å². The first-order valence-electron chi connectivity index (χ1n) is 8.16. The van der Waals surface area contributed by atoms with Crippen LogP contribution in [0.25, 0.3) is 0 Å². The molecule has 0 saturated carbocycles. The highest BCUT2D eigenvalue weighted by atomic mass is 19.1. The number of hydrogen-bond donors (Lipinski definition) is 1. The summed E-state index contributed by atoms with van der Waals surface area (Å²) in [5.74, 6) is 0.0160. The van der Waals surface area contributed by atoms with Gasteiger partial charge in [-0.1, -0.05) is 18.2 Å². The maximum absolute atomic E-state index is 13.7. The number of likely N-dealkylation sites (N-methyl/N-ethyl adjacent to an activating group) is 2. The zero-order valence-corrected chi connectivity index (χ0v) is 14.4. The summed E-state index contributed by atoms with van der Waals surface area (Å²) in [6, 6.07) is 13.2. The maximum atomic E-state index is 13.7. The van der Waals surface area contributed by atoms with Gasteiger partial charge in [0.1, 0.15) is 11.7 Å². The summed E-state index contributed by atoms with van der Waals surface area (Å²) in [6.45, 7) is 2.51. The smallest absolute Gasteiger partial charge is 0.257 e. The van der Waals surface area contributed by atoms with Crippen molar-refractivity contribution in [1.82, 2.24) is 9.80 Å². The summed E-state index contributed by atoms with van der Waals surface area (Å²) < 4.78 is 13.7. The number of amides is 1. The highest BCUT2D eigenvalue weighted by molar-refractivity contribution is 6.08.